The molecule has 2 aromatic rings. The number of amides is 1. The van der Waals surface area contributed by atoms with Gasteiger partial charge >= 0.3 is 0 Å². The third-order valence-corrected chi connectivity index (χ3v) is 4.39. The molecule has 0 N–H and O–H groups in total. The van der Waals surface area contributed by atoms with Gasteiger partial charge in [-0.1, -0.05) is 0 Å². The van der Waals surface area contributed by atoms with Gasteiger partial charge in [-0.25, -0.2) is 4.98 Å². The number of nitrogens with zero attached hydrogens (tertiary/aromatic N) is 5. The highest BCUT2D eigenvalue weighted by molar-refractivity contribution is 7.09. The second-order valence-electron chi connectivity index (χ2n) is 5.69. The van der Waals surface area contributed by atoms with Crippen molar-refractivity contribution in [3.05, 3.63) is 33.5 Å². The average molecular weight is 321 g/mol. The minimum Gasteiger partial charge on any atom is -0.330 e. The van der Waals surface area contributed by atoms with E-state index in [0.717, 1.165) is 22.0 Å². The number of hydrogen-bond donors (Lipinski definition) is 0. The van der Waals surface area contributed by atoms with Crippen LogP contribution in [0.15, 0.2) is 11.6 Å². The van der Waals surface area contributed by atoms with E-state index in [1.807, 2.05) is 54.9 Å². The van der Waals surface area contributed by atoms with Crippen molar-refractivity contribution in [2.75, 3.05) is 20.6 Å². The van der Waals surface area contributed by atoms with Crippen LogP contribution >= 0.6 is 11.3 Å². The molecule has 1 amide bonds. The fraction of sp³-hybridized carbons (Fsp3) is 0.533. The number of hydrogen-bond acceptors (Lipinski definition) is 5. The molecule has 2 aromatic heterocycles. The molecule has 22 heavy (non-hydrogen) atoms. The summed E-state index contributed by atoms with van der Waals surface area (Å²) in [6.07, 6.45) is 1.77. The lowest BCUT2D eigenvalue weighted by molar-refractivity contribution is -0.133. The zero-order valence-electron chi connectivity index (χ0n) is 13.8. The fourth-order valence-electron chi connectivity index (χ4n) is 2.33. The van der Waals surface area contributed by atoms with Crippen molar-refractivity contribution >= 4 is 17.2 Å². The Kier molecular flexibility index (Phi) is 5.31. The topological polar surface area (TPSA) is 54.3 Å². The lowest BCUT2D eigenvalue weighted by atomic mass is 10.2. The van der Waals surface area contributed by atoms with Gasteiger partial charge in [0.05, 0.1) is 18.8 Å². The van der Waals surface area contributed by atoms with Crippen LogP contribution in [0, 0.1) is 13.8 Å². The molecule has 0 aliphatic rings. The van der Waals surface area contributed by atoms with Gasteiger partial charge in [0, 0.05) is 36.4 Å². The van der Waals surface area contributed by atoms with E-state index in [9.17, 15) is 4.79 Å². The molecule has 120 valence electrons. The third-order valence-electron chi connectivity index (χ3n) is 3.62. The molecule has 0 bridgehead atoms. The smallest absolute Gasteiger partial charge is 0.237 e. The molecule has 6 nitrogen and oxygen atoms in total. The SMILES string of the molecule is Cc1nn(C)c(C)c1CN(Cc1nccs1)C(=O)CN(C)C. The van der Waals surface area contributed by atoms with Crippen molar-refractivity contribution in [1.82, 2.24) is 24.6 Å². The summed E-state index contributed by atoms with van der Waals surface area (Å²) < 4.78 is 1.86. The van der Waals surface area contributed by atoms with Crippen LogP contribution in [0.5, 0.6) is 0 Å². The Balaban J connectivity index is 2.21. The van der Waals surface area contributed by atoms with Gasteiger partial charge in [-0.15, -0.1) is 11.3 Å². The predicted molar refractivity (Wildman–Crippen MR) is 87.6 cm³/mol. The molecular formula is C15H23N5OS. The van der Waals surface area contributed by atoms with Gasteiger partial charge in [0.2, 0.25) is 5.91 Å². The van der Waals surface area contributed by atoms with Crippen LogP contribution in [0.2, 0.25) is 0 Å². The summed E-state index contributed by atoms with van der Waals surface area (Å²) in [5.41, 5.74) is 3.19. The molecule has 0 aliphatic heterocycles. The van der Waals surface area contributed by atoms with Crippen LogP contribution in [-0.2, 0) is 24.9 Å². The maximum Gasteiger partial charge on any atom is 0.237 e. The highest BCUT2D eigenvalue weighted by atomic mass is 32.1. The first-order valence-corrected chi connectivity index (χ1v) is 8.06. The molecule has 0 atom stereocenters. The molecule has 0 saturated heterocycles. The number of carbonyl (C=O) groups excluding carboxylic acids is 1. The first kappa shape index (κ1) is 16.6. The number of carbonyl (C=O) groups is 1. The van der Waals surface area contributed by atoms with Gasteiger partial charge in [-0.2, -0.15) is 5.10 Å². The van der Waals surface area contributed by atoms with Crippen LogP contribution in [-0.4, -0.2) is 51.1 Å². The Morgan fingerprint density at radius 2 is 2.05 bits per heavy atom. The van der Waals surface area contributed by atoms with Gasteiger partial charge in [0.25, 0.3) is 0 Å². The molecular weight excluding hydrogens is 298 g/mol. The number of thiazole rings is 1. The Labute approximate surface area is 135 Å². The number of likely N-dealkylation sites (N-methyl/N-ethyl adjacent to an activating group) is 1. The molecule has 2 rings (SSSR count). The number of aromatic nitrogens is 3. The first-order valence-electron chi connectivity index (χ1n) is 7.18. The summed E-state index contributed by atoms with van der Waals surface area (Å²) in [5.74, 6) is 0.0999. The van der Waals surface area contributed by atoms with E-state index in [-0.39, 0.29) is 5.91 Å². The van der Waals surface area contributed by atoms with Crippen LogP contribution < -0.4 is 0 Å². The Bertz CT molecular complexity index is 633. The summed E-state index contributed by atoms with van der Waals surface area (Å²) in [5, 5.41) is 7.32. The van der Waals surface area contributed by atoms with E-state index in [4.69, 9.17) is 0 Å². The van der Waals surface area contributed by atoms with E-state index in [1.54, 1.807) is 17.5 Å². The van der Waals surface area contributed by atoms with Crippen molar-refractivity contribution in [3.63, 3.8) is 0 Å². The third kappa shape index (κ3) is 3.92. The zero-order valence-corrected chi connectivity index (χ0v) is 14.6. The highest BCUT2D eigenvalue weighted by Gasteiger charge is 2.20. The normalized spacial score (nSPS) is 11.2. The summed E-state index contributed by atoms with van der Waals surface area (Å²) in [7, 11) is 5.73. The molecule has 0 aromatic carbocycles. The second-order valence-corrected chi connectivity index (χ2v) is 6.67. The molecule has 0 aliphatic carbocycles. The minimum absolute atomic E-state index is 0.0999. The standard InChI is InChI=1S/C15H23N5OS/c1-11-13(12(2)19(5)17-11)8-20(15(21)10-18(3)4)9-14-16-6-7-22-14/h6-7H,8-10H2,1-5H3. The summed E-state index contributed by atoms with van der Waals surface area (Å²) in [6.45, 7) is 5.52. The van der Waals surface area contributed by atoms with Crippen molar-refractivity contribution < 1.29 is 4.79 Å². The second kappa shape index (κ2) is 7.02. The van der Waals surface area contributed by atoms with Crippen molar-refractivity contribution in [2.45, 2.75) is 26.9 Å². The highest BCUT2D eigenvalue weighted by Crippen LogP contribution is 2.17. The van der Waals surface area contributed by atoms with E-state index in [2.05, 4.69) is 10.1 Å². The predicted octanol–water partition coefficient (Wildman–Crippen LogP) is 1.58. The first-order chi connectivity index (χ1) is 10.4. The zero-order chi connectivity index (χ0) is 16.3. The maximum absolute atomic E-state index is 12.5. The molecule has 0 spiro atoms. The van der Waals surface area contributed by atoms with E-state index >= 15 is 0 Å². The van der Waals surface area contributed by atoms with Gasteiger partial charge in [0.1, 0.15) is 5.01 Å². The monoisotopic (exact) mass is 321 g/mol. The van der Waals surface area contributed by atoms with Crippen LogP contribution in [0.25, 0.3) is 0 Å². The van der Waals surface area contributed by atoms with Crippen LogP contribution in [0.4, 0.5) is 0 Å². The van der Waals surface area contributed by atoms with Crippen molar-refractivity contribution in [1.29, 1.82) is 0 Å². The molecule has 2 heterocycles. The summed E-state index contributed by atoms with van der Waals surface area (Å²) in [4.78, 5) is 20.6. The van der Waals surface area contributed by atoms with E-state index < -0.39 is 0 Å². The number of aryl methyl sites for hydroxylation is 2. The molecule has 0 fully saturated rings. The van der Waals surface area contributed by atoms with Gasteiger partial charge in [0.15, 0.2) is 0 Å². The Morgan fingerprint density at radius 3 is 2.55 bits per heavy atom. The summed E-state index contributed by atoms with van der Waals surface area (Å²) >= 11 is 1.57. The van der Waals surface area contributed by atoms with Crippen molar-refractivity contribution in [2.24, 2.45) is 7.05 Å². The van der Waals surface area contributed by atoms with E-state index in [0.29, 0.717) is 19.6 Å². The maximum atomic E-state index is 12.5. The van der Waals surface area contributed by atoms with Gasteiger partial charge in [-0.3, -0.25) is 9.48 Å². The fourth-order valence-corrected chi connectivity index (χ4v) is 2.97. The van der Waals surface area contributed by atoms with Crippen LogP contribution in [0.3, 0.4) is 0 Å². The van der Waals surface area contributed by atoms with Crippen molar-refractivity contribution in [3.8, 4) is 0 Å². The van der Waals surface area contributed by atoms with E-state index in [1.165, 1.54) is 0 Å². The lowest BCUT2D eigenvalue weighted by Gasteiger charge is -2.23. The molecule has 0 saturated carbocycles. The Hall–Kier alpha value is -1.73. The minimum atomic E-state index is 0.0999. The molecule has 7 heteroatoms. The van der Waals surface area contributed by atoms with Crippen LogP contribution in [0.1, 0.15) is 22.0 Å². The average Bonchev–Trinajstić information content (AvgIpc) is 3.01. The lowest BCUT2D eigenvalue weighted by Crippen LogP contribution is -2.37. The molecule has 0 unspecified atom stereocenters. The quantitative estimate of drug-likeness (QED) is 0.811. The molecule has 0 radical (unpaired) electrons. The van der Waals surface area contributed by atoms with Gasteiger partial charge < -0.3 is 9.80 Å². The number of rotatable bonds is 6. The largest absolute Gasteiger partial charge is 0.330 e. The Morgan fingerprint density at radius 1 is 1.32 bits per heavy atom. The summed E-state index contributed by atoms with van der Waals surface area (Å²) in [6, 6.07) is 0. The van der Waals surface area contributed by atoms with Gasteiger partial charge in [-0.05, 0) is 27.9 Å².